The van der Waals surface area contributed by atoms with Crippen LogP contribution in [0, 0.1) is 6.92 Å². The molecule has 0 saturated heterocycles. The lowest BCUT2D eigenvalue weighted by Gasteiger charge is -1.99. The van der Waals surface area contributed by atoms with Gasteiger partial charge in [0.05, 0.1) is 0 Å². The van der Waals surface area contributed by atoms with E-state index in [0.29, 0.717) is 5.82 Å². The fourth-order valence-electron chi connectivity index (χ4n) is 0.793. The molecule has 11 heavy (non-hydrogen) atoms. The number of aryl methyl sites for hydroxylation is 1. The molecule has 0 aliphatic rings. The van der Waals surface area contributed by atoms with Crippen LogP contribution in [0.4, 0.5) is 5.82 Å². The molecule has 4 N–H and O–H groups in total. The Morgan fingerprint density at radius 1 is 1.55 bits per heavy atom. The molecular weight excluding hydrogens is 142 g/mol. The first kappa shape index (κ1) is 7.53. The molecule has 1 heterocycles. The van der Waals surface area contributed by atoms with Crippen molar-refractivity contribution in [1.29, 1.82) is 0 Å². The topological polar surface area (TPSA) is 82.0 Å². The molecule has 1 aromatic heterocycles. The zero-order chi connectivity index (χ0) is 8.43. The first-order valence-corrected chi connectivity index (χ1v) is 3.14. The van der Waals surface area contributed by atoms with Gasteiger partial charge >= 0.3 is 0 Å². The molecule has 58 valence electrons. The molecule has 0 saturated carbocycles. The van der Waals surface area contributed by atoms with Crippen LogP contribution in [0.2, 0.25) is 0 Å². The van der Waals surface area contributed by atoms with E-state index in [1.165, 1.54) is 0 Å². The fraction of sp³-hybridized carbons (Fsp3) is 0.143. The van der Waals surface area contributed by atoms with Crippen LogP contribution >= 0.6 is 0 Å². The number of primary amides is 1. The summed E-state index contributed by atoms with van der Waals surface area (Å²) in [7, 11) is 0. The van der Waals surface area contributed by atoms with Crippen molar-refractivity contribution in [1.82, 2.24) is 4.98 Å². The third-order valence-electron chi connectivity index (χ3n) is 1.35. The molecule has 4 nitrogen and oxygen atoms in total. The number of amides is 1. The Morgan fingerprint density at radius 3 is 2.64 bits per heavy atom. The number of hydrogen-bond donors (Lipinski definition) is 2. The zero-order valence-electron chi connectivity index (χ0n) is 6.16. The van der Waals surface area contributed by atoms with Gasteiger partial charge in [-0.05, 0) is 18.6 Å². The highest BCUT2D eigenvalue weighted by Gasteiger charge is 2.05. The molecule has 0 atom stereocenters. The summed E-state index contributed by atoms with van der Waals surface area (Å²) in [5, 5.41) is 0. The predicted octanol–water partition coefficient (Wildman–Crippen LogP) is 0.0711. The summed E-state index contributed by atoms with van der Waals surface area (Å²) >= 11 is 0. The predicted molar refractivity (Wildman–Crippen MR) is 41.9 cm³/mol. The van der Waals surface area contributed by atoms with Crippen molar-refractivity contribution < 1.29 is 4.79 Å². The Kier molecular flexibility index (Phi) is 1.76. The molecular formula is C7H9N3O. The van der Waals surface area contributed by atoms with E-state index in [9.17, 15) is 4.79 Å². The van der Waals surface area contributed by atoms with E-state index in [-0.39, 0.29) is 5.69 Å². The lowest BCUT2D eigenvalue weighted by atomic mass is 10.2. The van der Waals surface area contributed by atoms with Crippen molar-refractivity contribution in [3.63, 3.8) is 0 Å². The molecule has 0 spiro atoms. The quantitative estimate of drug-likeness (QED) is 0.595. The number of hydrogen-bond acceptors (Lipinski definition) is 3. The lowest BCUT2D eigenvalue weighted by Crippen LogP contribution is -2.15. The highest BCUT2D eigenvalue weighted by atomic mass is 16.1. The standard InChI is InChI=1S/C7H9N3O/c1-4-2-3-5(8)10-6(4)7(9)11/h2-3H,1H3,(H2,8,10)(H2,9,11). The molecule has 0 unspecified atom stereocenters. The third-order valence-corrected chi connectivity index (χ3v) is 1.35. The monoisotopic (exact) mass is 151 g/mol. The van der Waals surface area contributed by atoms with Gasteiger partial charge in [-0.1, -0.05) is 6.07 Å². The van der Waals surface area contributed by atoms with E-state index >= 15 is 0 Å². The number of nitrogens with two attached hydrogens (primary N) is 2. The molecule has 1 aromatic rings. The smallest absolute Gasteiger partial charge is 0.267 e. The van der Waals surface area contributed by atoms with Gasteiger partial charge in [-0.25, -0.2) is 4.98 Å². The number of nitrogen functional groups attached to an aromatic ring is 1. The van der Waals surface area contributed by atoms with Crippen LogP contribution in [-0.4, -0.2) is 10.9 Å². The largest absolute Gasteiger partial charge is 0.384 e. The van der Waals surface area contributed by atoms with Gasteiger partial charge in [-0.15, -0.1) is 0 Å². The molecule has 0 aliphatic carbocycles. The molecule has 4 heteroatoms. The van der Waals surface area contributed by atoms with Crippen LogP contribution in [-0.2, 0) is 0 Å². The molecule has 0 bridgehead atoms. The summed E-state index contributed by atoms with van der Waals surface area (Å²) < 4.78 is 0. The number of carbonyl (C=O) groups is 1. The molecule has 1 rings (SSSR count). The van der Waals surface area contributed by atoms with Crippen LogP contribution in [0.15, 0.2) is 12.1 Å². The van der Waals surface area contributed by atoms with Gasteiger partial charge in [0.15, 0.2) is 0 Å². The van der Waals surface area contributed by atoms with E-state index in [2.05, 4.69) is 4.98 Å². The maximum atomic E-state index is 10.7. The molecule has 1 amide bonds. The zero-order valence-corrected chi connectivity index (χ0v) is 6.16. The summed E-state index contributed by atoms with van der Waals surface area (Å²) in [6.07, 6.45) is 0. The van der Waals surface area contributed by atoms with Gasteiger partial charge in [0.25, 0.3) is 5.91 Å². The van der Waals surface area contributed by atoms with Crippen molar-refractivity contribution >= 4 is 11.7 Å². The Morgan fingerprint density at radius 2 is 2.18 bits per heavy atom. The van der Waals surface area contributed by atoms with E-state index in [0.717, 1.165) is 5.56 Å². The molecule has 0 radical (unpaired) electrons. The molecule has 0 aromatic carbocycles. The number of pyridine rings is 1. The summed E-state index contributed by atoms with van der Waals surface area (Å²) in [6, 6.07) is 3.34. The van der Waals surface area contributed by atoms with Crippen LogP contribution < -0.4 is 11.5 Å². The minimum absolute atomic E-state index is 0.241. The second-order valence-electron chi connectivity index (χ2n) is 2.27. The van der Waals surface area contributed by atoms with Crippen LogP contribution in [0.25, 0.3) is 0 Å². The van der Waals surface area contributed by atoms with Crippen LogP contribution in [0.5, 0.6) is 0 Å². The first-order valence-electron chi connectivity index (χ1n) is 3.14. The summed E-state index contributed by atoms with van der Waals surface area (Å²) in [5.41, 5.74) is 11.4. The normalized spacial score (nSPS) is 9.55. The Balaban J connectivity index is 3.23. The van der Waals surface area contributed by atoms with Gasteiger partial charge in [-0.2, -0.15) is 0 Å². The van der Waals surface area contributed by atoms with Crippen molar-refractivity contribution in [2.24, 2.45) is 5.73 Å². The summed E-state index contributed by atoms with van der Waals surface area (Å²) in [6.45, 7) is 1.76. The lowest BCUT2D eigenvalue weighted by molar-refractivity contribution is 0.0995. The van der Waals surface area contributed by atoms with Crippen LogP contribution in [0.1, 0.15) is 16.1 Å². The fourth-order valence-corrected chi connectivity index (χ4v) is 0.793. The average molecular weight is 151 g/mol. The third kappa shape index (κ3) is 1.46. The van der Waals surface area contributed by atoms with Gasteiger partial charge in [0.1, 0.15) is 11.5 Å². The van der Waals surface area contributed by atoms with Gasteiger partial charge in [-0.3, -0.25) is 4.79 Å². The number of nitrogens with zero attached hydrogens (tertiary/aromatic N) is 1. The Labute approximate surface area is 64.2 Å². The highest BCUT2D eigenvalue weighted by Crippen LogP contribution is 2.06. The van der Waals surface area contributed by atoms with Crippen LogP contribution in [0.3, 0.4) is 0 Å². The second-order valence-corrected chi connectivity index (χ2v) is 2.27. The van der Waals surface area contributed by atoms with Gasteiger partial charge in [0, 0.05) is 0 Å². The second kappa shape index (κ2) is 2.57. The Hall–Kier alpha value is -1.58. The Bertz CT molecular complexity index is 296. The van der Waals surface area contributed by atoms with Gasteiger partial charge in [0.2, 0.25) is 0 Å². The molecule has 0 fully saturated rings. The van der Waals surface area contributed by atoms with Crippen molar-refractivity contribution in [3.8, 4) is 0 Å². The van der Waals surface area contributed by atoms with Crippen molar-refractivity contribution in [2.75, 3.05) is 5.73 Å². The van der Waals surface area contributed by atoms with E-state index in [4.69, 9.17) is 11.5 Å². The maximum Gasteiger partial charge on any atom is 0.267 e. The van der Waals surface area contributed by atoms with Crippen molar-refractivity contribution in [3.05, 3.63) is 23.4 Å². The highest BCUT2D eigenvalue weighted by molar-refractivity contribution is 5.92. The number of anilines is 1. The van der Waals surface area contributed by atoms with E-state index < -0.39 is 5.91 Å². The van der Waals surface area contributed by atoms with Crippen molar-refractivity contribution in [2.45, 2.75) is 6.92 Å². The number of aromatic nitrogens is 1. The summed E-state index contributed by atoms with van der Waals surface area (Å²) in [5.74, 6) is -0.237. The minimum atomic E-state index is -0.546. The average Bonchev–Trinajstić information content (AvgIpc) is 1.94. The first-order chi connectivity index (χ1) is 5.11. The maximum absolute atomic E-state index is 10.7. The van der Waals surface area contributed by atoms with Gasteiger partial charge < -0.3 is 11.5 Å². The number of rotatable bonds is 1. The van der Waals surface area contributed by atoms with E-state index in [1.807, 2.05) is 0 Å². The molecule has 0 aliphatic heterocycles. The SMILES string of the molecule is Cc1ccc(N)nc1C(N)=O. The minimum Gasteiger partial charge on any atom is -0.384 e. The summed E-state index contributed by atoms with van der Waals surface area (Å²) in [4.78, 5) is 14.5. The van der Waals surface area contributed by atoms with E-state index in [1.54, 1.807) is 19.1 Å². The number of carbonyl (C=O) groups excluding carboxylic acids is 1.